The maximum absolute atomic E-state index is 12.3. The molecule has 0 aliphatic carbocycles. The SMILES string of the molecule is Cc1ccn2cc(C(=O)Nc3ccc(C(C)C)cc3)nc2c1. The first-order chi connectivity index (χ1) is 10.5. The zero-order chi connectivity index (χ0) is 15.7. The Hall–Kier alpha value is -2.62. The van der Waals surface area contributed by atoms with E-state index in [0.717, 1.165) is 16.9 Å². The number of fused-ring (bicyclic) bond motifs is 1. The van der Waals surface area contributed by atoms with Crippen molar-refractivity contribution in [2.75, 3.05) is 5.32 Å². The summed E-state index contributed by atoms with van der Waals surface area (Å²) in [6.07, 6.45) is 3.65. The second-order valence-electron chi connectivity index (χ2n) is 5.83. The molecule has 1 aromatic carbocycles. The number of aryl methyl sites for hydroxylation is 1. The van der Waals surface area contributed by atoms with E-state index in [-0.39, 0.29) is 5.91 Å². The highest BCUT2D eigenvalue weighted by Crippen LogP contribution is 2.18. The average Bonchev–Trinajstić information content (AvgIpc) is 2.91. The highest BCUT2D eigenvalue weighted by molar-refractivity contribution is 6.03. The van der Waals surface area contributed by atoms with Gasteiger partial charge < -0.3 is 9.72 Å². The van der Waals surface area contributed by atoms with Gasteiger partial charge in [0.15, 0.2) is 0 Å². The Morgan fingerprint density at radius 2 is 1.91 bits per heavy atom. The van der Waals surface area contributed by atoms with E-state index in [0.29, 0.717) is 11.6 Å². The van der Waals surface area contributed by atoms with Crippen molar-refractivity contribution in [3.63, 3.8) is 0 Å². The van der Waals surface area contributed by atoms with Crippen LogP contribution >= 0.6 is 0 Å². The van der Waals surface area contributed by atoms with Gasteiger partial charge in [0, 0.05) is 18.1 Å². The number of aromatic nitrogens is 2. The Labute approximate surface area is 129 Å². The lowest BCUT2D eigenvalue weighted by Crippen LogP contribution is -2.12. The van der Waals surface area contributed by atoms with Crippen LogP contribution in [0.25, 0.3) is 5.65 Å². The molecule has 0 aliphatic heterocycles. The van der Waals surface area contributed by atoms with Crippen molar-refractivity contribution >= 4 is 17.2 Å². The zero-order valence-electron chi connectivity index (χ0n) is 13.0. The molecule has 0 spiro atoms. The van der Waals surface area contributed by atoms with Gasteiger partial charge >= 0.3 is 0 Å². The molecule has 0 unspecified atom stereocenters. The number of pyridine rings is 1. The van der Waals surface area contributed by atoms with Crippen LogP contribution in [0.5, 0.6) is 0 Å². The minimum Gasteiger partial charge on any atom is -0.321 e. The molecule has 0 aliphatic rings. The minimum atomic E-state index is -0.196. The standard InChI is InChI=1S/C18H19N3O/c1-12(2)14-4-6-15(7-5-14)19-18(22)16-11-21-9-8-13(3)10-17(21)20-16/h4-12H,1-3H3,(H,19,22). The summed E-state index contributed by atoms with van der Waals surface area (Å²) in [6, 6.07) is 11.9. The number of anilines is 1. The molecule has 0 saturated carbocycles. The van der Waals surface area contributed by atoms with Gasteiger partial charge in [-0.2, -0.15) is 0 Å². The average molecular weight is 293 g/mol. The second kappa shape index (κ2) is 5.64. The van der Waals surface area contributed by atoms with Gasteiger partial charge in [0.1, 0.15) is 11.3 Å². The second-order valence-corrected chi connectivity index (χ2v) is 5.83. The first-order valence-electron chi connectivity index (χ1n) is 7.39. The monoisotopic (exact) mass is 293 g/mol. The first-order valence-corrected chi connectivity index (χ1v) is 7.39. The van der Waals surface area contributed by atoms with Crippen LogP contribution in [0, 0.1) is 6.92 Å². The van der Waals surface area contributed by atoms with Gasteiger partial charge in [0.2, 0.25) is 0 Å². The van der Waals surface area contributed by atoms with Gasteiger partial charge in [-0.3, -0.25) is 4.79 Å². The third-order valence-corrected chi connectivity index (χ3v) is 3.68. The van der Waals surface area contributed by atoms with E-state index in [4.69, 9.17) is 0 Å². The predicted octanol–water partition coefficient (Wildman–Crippen LogP) is 4.02. The summed E-state index contributed by atoms with van der Waals surface area (Å²) in [6.45, 7) is 6.29. The fourth-order valence-corrected chi connectivity index (χ4v) is 2.34. The van der Waals surface area contributed by atoms with Gasteiger partial charge in [-0.15, -0.1) is 0 Å². The van der Waals surface area contributed by atoms with E-state index in [1.807, 2.05) is 53.9 Å². The number of nitrogens with one attached hydrogen (secondary N) is 1. The molecule has 0 atom stereocenters. The van der Waals surface area contributed by atoms with Crippen molar-refractivity contribution < 1.29 is 4.79 Å². The van der Waals surface area contributed by atoms with Crippen LogP contribution < -0.4 is 5.32 Å². The molecular weight excluding hydrogens is 274 g/mol. The summed E-state index contributed by atoms with van der Waals surface area (Å²) in [5, 5.41) is 2.89. The molecule has 1 amide bonds. The van der Waals surface area contributed by atoms with Crippen LogP contribution in [0.1, 0.15) is 41.4 Å². The third kappa shape index (κ3) is 2.86. The molecule has 0 saturated heterocycles. The van der Waals surface area contributed by atoms with Gasteiger partial charge in [0.05, 0.1) is 0 Å². The van der Waals surface area contributed by atoms with Crippen LogP contribution in [0.4, 0.5) is 5.69 Å². The number of nitrogens with zero attached hydrogens (tertiary/aromatic N) is 2. The molecule has 2 aromatic heterocycles. The van der Waals surface area contributed by atoms with Crippen LogP contribution in [0.3, 0.4) is 0 Å². The fraction of sp³-hybridized carbons (Fsp3) is 0.222. The van der Waals surface area contributed by atoms with Gasteiger partial charge in [-0.05, 0) is 48.2 Å². The summed E-state index contributed by atoms with van der Waals surface area (Å²) in [5.74, 6) is 0.282. The van der Waals surface area contributed by atoms with Crippen LogP contribution in [0.15, 0.2) is 48.8 Å². The van der Waals surface area contributed by atoms with E-state index < -0.39 is 0 Å². The van der Waals surface area contributed by atoms with Crippen molar-refractivity contribution in [1.82, 2.24) is 9.38 Å². The molecular formula is C18H19N3O. The molecule has 4 heteroatoms. The molecule has 22 heavy (non-hydrogen) atoms. The van der Waals surface area contributed by atoms with E-state index in [1.54, 1.807) is 6.20 Å². The molecule has 3 aromatic rings. The lowest BCUT2D eigenvalue weighted by atomic mass is 10.0. The highest BCUT2D eigenvalue weighted by Gasteiger charge is 2.11. The highest BCUT2D eigenvalue weighted by atomic mass is 16.1. The Kier molecular flexibility index (Phi) is 3.67. The summed E-state index contributed by atoms with van der Waals surface area (Å²) in [7, 11) is 0. The number of carbonyl (C=O) groups excluding carboxylic acids is 1. The van der Waals surface area contributed by atoms with E-state index in [9.17, 15) is 4.79 Å². The van der Waals surface area contributed by atoms with E-state index in [1.165, 1.54) is 5.56 Å². The summed E-state index contributed by atoms with van der Waals surface area (Å²) < 4.78 is 1.85. The van der Waals surface area contributed by atoms with E-state index >= 15 is 0 Å². The van der Waals surface area contributed by atoms with Crippen molar-refractivity contribution in [2.45, 2.75) is 26.7 Å². The number of hydrogen-bond donors (Lipinski definition) is 1. The molecule has 0 radical (unpaired) electrons. The number of amides is 1. The Morgan fingerprint density at radius 1 is 1.18 bits per heavy atom. The largest absolute Gasteiger partial charge is 0.321 e. The molecule has 1 N–H and O–H groups in total. The first kappa shape index (κ1) is 14.3. The van der Waals surface area contributed by atoms with Crippen LogP contribution in [-0.2, 0) is 0 Å². The topological polar surface area (TPSA) is 46.4 Å². The number of carbonyl (C=O) groups is 1. The minimum absolute atomic E-state index is 0.196. The Balaban J connectivity index is 1.80. The number of rotatable bonds is 3. The van der Waals surface area contributed by atoms with E-state index in [2.05, 4.69) is 24.1 Å². The smallest absolute Gasteiger partial charge is 0.275 e. The molecule has 2 heterocycles. The van der Waals surface area contributed by atoms with Gasteiger partial charge in [0.25, 0.3) is 5.91 Å². The summed E-state index contributed by atoms with van der Waals surface area (Å²) in [5.41, 5.74) is 4.34. The lowest BCUT2D eigenvalue weighted by Gasteiger charge is -2.07. The maximum atomic E-state index is 12.3. The Morgan fingerprint density at radius 3 is 2.59 bits per heavy atom. The maximum Gasteiger partial charge on any atom is 0.275 e. The van der Waals surface area contributed by atoms with Crippen molar-refractivity contribution in [3.05, 3.63) is 65.6 Å². The molecule has 0 bridgehead atoms. The molecule has 3 rings (SSSR count). The van der Waals surface area contributed by atoms with Crippen molar-refractivity contribution in [1.29, 1.82) is 0 Å². The number of hydrogen-bond acceptors (Lipinski definition) is 2. The summed E-state index contributed by atoms with van der Waals surface area (Å²) in [4.78, 5) is 16.7. The van der Waals surface area contributed by atoms with Gasteiger partial charge in [-0.1, -0.05) is 26.0 Å². The van der Waals surface area contributed by atoms with Crippen molar-refractivity contribution in [3.8, 4) is 0 Å². The van der Waals surface area contributed by atoms with Gasteiger partial charge in [-0.25, -0.2) is 4.98 Å². The van der Waals surface area contributed by atoms with Crippen LogP contribution in [0.2, 0.25) is 0 Å². The molecule has 4 nitrogen and oxygen atoms in total. The summed E-state index contributed by atoms with van der Waals surface area (Å²) >= 11 is 0. The normalized spacial score (nSPS) is 11.1. The number of benzene rings is 1. The molecule has 0 fully saturated rings. The molecule has 112 valence electrons. The number of imidazole rings is 1. The lowest BCUT2D eigenvalue weighted by molar-refractivity contribution is 0.102. The zero-order valence-corrected chi connectivity index (χ0v) is 13.0. The Bertz CT molecular complexity index is 816. The predicted molar refractivity (Wildman–Crippen MR) is 88.4 cm³/mol. The quantitative estimate of drug-likeness (QED) is 0.793. The third-order valence-electron chi connectivity index (χ3n) is 3.68. The van der Waals surface area contributed by atoms with Crippen LogP contribution in [-0.4, -0.2) is 15.3 Å². The van der Waals surface area contributed by atoms with Crippen molar-refractivity contribution in [2.24, 2.45) is 0 Å². The fourth-order valence-electron chi connectivity index (χ4n) is 2.34.